The largest absolute Gasteiger partial charge is 0.368 e. The number of aromatic amines is 1. The zero-order valence-electron chi connectivity index (χ0n) is 16.4. The molecule has 8 heteroatoms. The van der Waals surface area contributed by atoms with Gasteiger partial charge in [-0.15, -0.1) is 5.10 Å². The Bertz CT molecular complexity index is 1320. The van der Waals surface area contributed by atoms with E-state index in [1.807, 2.05) is 48.3 Å². The molecule has 0 saturated carbocycles. The highest BCUT2D eigenvalue weighted by Crippen LogP contribution is 2.30. The van der Waals surface area contributed by atoms with Gasteiger partial charge >= 0.3 is 0 Å². The van der Waals surface area contributed by atoms with Crippen LogP contribution < -0.4 is 5.73 Å². The average molecular weight is 396 g/mol. The van der Waals surface area contributed by atoms with Crippen molar-refractivity contribution >= 4 is 17.0 Å². The van der Waals surface area contributed by atoms with Crippen LogP contribution in [0.2, 0.25) is 0 Å². The van der Waals surface area contributed by atoms with Gasteiger partial charge in [-0.25, -0.2) is 19.6 Å². The van der Waals surface area contributed by atoms with Crippen LogP contribution in [0.4, 0.5) is 5.95 Å². The fourth-order valence-corrected chi connectivity index (χ4v) is 3.47. The Hall–Kier alpha value is -4.07. The van der Waals surface area contributed by atoms with Gasteiger partial charge in [-0.3, -0.25) is 0 Å². The van der Waals surface area contributed by atoms with Crippen LogP contribution in [-0.4, -0.2) is 34.9 Å². The molecule has 0 aliphatic carbocycles. The van der Waals surface area contributed by atoms with Crippen molar-refractivity contribution in [3.63, 3.8) is 0 Å². The molecular formula is C22H20N8. The van der Waals surface area contributed by atoms with Crippen LogP contribution in [0.1, 0.15) is 18.2 Å². The average Bonchev–Trinajstić information content (AvgIpc) is 3.40. The first-order valence-electron chi connectivity index (χ1n) is 9.75. The lowest BCUT2D eigenvalue weighted by molar-refractivity contribution is 0.650. The lowest BCUT2D eigenvalue weighted by Crippen LogP contribution is -2.00. The maximum atomic E-state index is 5.90. The van der Waals surface area contributed by atoms with E-state index in [4.69, 9.17) is 5.73 Å². The summed E-state index contributed by atoms with van der Waals surface area (Å²) in [6, 6.07) is 14.2. The zero-order chi connectivity index (χ0) is 20.5. The van der Waals surface area contributed by atoms with Gasteiger partial charge in [0.05, 0.1) is 18.4 Å². The highest BCUT2D eigenvalue weighted by atomic mass is 15.4. The van der Waals surface area contributed by atoms with E-state index in [1.54, 1.807) is 6.20 Å². The summed E-state index contributed by atoms with van der Waals surface area (Å²) < 4.78 is 1.82. The number of pyridine rings is 1. The maximum Gasteiger partial charge on any atom is 0.220 e. The van der Waals surface area contributed by atoms with Crippen LogP contribution in [0, 0.1) is 0 Å². The molecule has 1 aromatic carbocycles. The minimum atomic E-state index is 0.270. The van der Waals surface area contributed by atoms with Gasteiger partial charge in [-0.1, -0.05) is 42.5 Å². The molecule has 0 saturated heterocycles. The quantitative estimate of drug-likeness (QED) is 0.470. The number of benzene rings is 1. The smallest absolute Gasteiger partial charge is 0.220 e. The Balaban J connectivity index is 1.51. The molecule has 0 aliphatic rings. The summed E-state index contributed by atoms with van der Waals surface area (Å²) in [6.45, 7) is 2.71. The number of nitrogens with two attached hydrogens (primary N) is 1. The normalized spacial score (nSPS) is 11.2. The van der Waals surface area contributed by atoms with Crippen LogP contribution in [-0.2, 0) is 13.0 Å². The Morgan fingerprint density at radius 1 is 1.07 bits per heavy atom. The Kier molecular flexibility index (Phi) is 4.44. The van der Waals surface area contributed by atoms with Crippen molar-refractivity contribution in [3.05, 3.63) is 72.3 Å². The Morgan fingerprint density at radius 2 is 1.93 bits per heavy atom. The van der Waals surface area contributed by atoms with E-state index in [0.29, 0.717) is 6.54 Å². The van der Waals surface area contributed by atoms with Crippen molar-refractivity contribution in [2.75, 3.05) is 5.73 Å². The first-order valence-corrected chi connectivity index (χ1v) is 9.75. The van der Waals surface area contributed by atoms with Gasteiger partial charge in [0.2, 0.25) is 5.95 Å². The van der Waals surface area contributed by atoms with Crippen molar-refractivity contribution in [2.24, 2.45) is 0 Å². The third-order valence-electron chi connectivity index (χ3n) is 4.99. The molecule has 4 aromatic heterocycles. The third kappa shape index (κ3) is 3.39. The number of H-pyrrole nitrogens is 1. The lowest BCUT2D eigenvalue weighted by atomic mass is 10.1. The van der Waals surface area contributed by atoms with E-state index in [0.717, 1.165) is 45.7 Å². The number of aryl methyl sites for hydroxylation is 1. The fraction of sp³-hybridized carbons (Fsp3) is 0.136. The first-order chi connectivity index (χ1) is 14.7. The fourth-order valence-electron chi connectivity index (χ4n) is 3.47. The summed E-state index contributed by atoms with van der Waals surface area (Å²) in [5.41, 5.74) is 12.1. The highest BCUT2D eigenvalue weighted by molar-refractivity contribution is 5.94. The van der Waals surface area contributed by atoms with Crippen LogP contribution in [0.15, 0.2) is 61.1 Å². The van der Waals surface area contributed by atoms with Gasteiger partial charge in [0.25, 0.3) is 0 Å². The molecule has 3 N–H and O–H groups in total. The topological polar surface area (TPSA) is 111 Å². The second-order valence-electron chi connectivity index (χ2n) is 7.07. The summed E-state index contributed by atoms with van der Waals surface area (Å²) in [6.07, 6.45) is 6.41. The molecule has 0 unspecified atom stereocenters. The molecule has 0 amide bonds. The van der Waals surface area contributed by atoms with Crippen molar-refractivity contribution in [3.8, 4) is 22.5 Å². The van der Waals surface area contributed by atoms with E-state index in [2.05, 4.69) is 48.4 Å². The van der Waals surface area contributed by atoms with Gasteiger partial charge in [0.15, 0.2) is 0 Å². The molecule has 0 aliphatic heterocycles. The number of nitrogens with zero attached hydrogens (tertiary/aromatic N) is 6. The van der Waals surface area contributed by atoms with E-state index in [-0.39, 0.29) is 5.95 Å². The van der Waals surface area contributed by atoms with Crippen LogP contribution in [0.5, 0.6) is 0 Å². The molecule has 8 nitrogen and oxygen atoms in total. The highest BCUT2D eigenvalue weighted by Gasteiger charge is 2.13. The van der Waals surface area contributed by atoms with Gasteiger partial charge in [0.1, 0.15) is 11.3 Å². The molecule has 0 bridgehead atoms. The summed E-state index contributed by atoms with van der Waals surface area (Å²) in [5.74, 6) is 0.270. The van der Waals surface area contributed by atoms with Crippen LogP contribution in [0.25, 0.3) is 33.5 Å². The third-order valence-corrected chi connectivity index (χ3v) is 4.99. The second kappa shape index (κ2) is 7.40. The minimum Gasteiger partial charge on any atom is -0.368 e. The number of hydrogen-bond donors (Lipinski definition) is 2. The summed E-state index contributed by atoms with van der Waals surface area (Å²) in [5, 5.41) is 9.55. The van der Waals surface area contributed by atoms with Crippen molar-refractivity contribution < 1.29 is 0 Å². The second-order valence-corrected chi connectivity index (χ2v) is 7.07. The van der Waals surface area contributed by atoms with Crippen molar-refractivity contribution in [1.82, 2.24) is 34.9 Å². The maximum absolute atomic E-state index is 5.90. The van der Waals surface area contributed by atoms with Crippen molar-refractivity contribution in [1.29, 1.82) is 0 Å². The number of aromatic nitrogens is 7. The van der Waals surface area contributed by atoms with E-state index in [1.165, 1.54) is 5.56 Å². The van der Waals surface area contributed by atoms with E-state index < -0.39 is 0 Å². The van der Waals surface area contributed by atoms with Gasteiger partial charge < -0.3 is 10.7 Å². The summed E-state index contributed by atoms with van der Waals surface area (Å²) in [4.78, 5) is 16.4. The zero-order valence-corrected chi connectivity index (χ0v) is 16.4. The molecule has 5 aromatic rings. The monoisotopic (exact) mass is 396 g/mol. The molecule has 0 atom stereocenters. The number of anilines is 1. The molecule has 0 spiro atoms. The Labute approximate surface area is 172 Å². The number of fused-ring (bicyclic) bond motifs is 1. The van der Waals surface area contributed by atoms with Crippen LogP contribution >= 0.6 is 0 Å². The predicted octanol–water partition coefficient (Wildman–Crippen LogP) is 3.47. The number of nitrogens with one attached hydrogen (secondary N) is 1. The van der Waals surface area contributed by atoms with E-state index >= 15 is 0 Å². The molecule has 4 heterocycles. The van der Waals surface area contributed by atoms with Gasteiger partial charge in [0, 0.05) is 34.6 Å². The number of hydrogen-bond acceptors (Lipinski definition) is 6. The Morgan fingerprint density at radius 3 is 2.77 bits per heavy atom. The molecular weight excluding hydrogens is 376 g/mol. The molecule has 5 rings (SSSR count). The van der Waals surface area contributed by atoms with Crippen molar-refractivity contribution in [2.45, 2.75) is 19.9 Å². The molecule has 0 fully saturated rings. The first kappa shape index (κ1) is 18.0. The summed E-state index contributed by atoms with van der Waals surface area (Å²) >= 11 is 0. The van der Waals surface area contributed by atoms with Crippen LogP contribution in [0.3, 0.4) is 0 Å². The predicted molar refractivity (Wildman–Crippen MR) is 115 cm³/mol. The molecule has 148 valence electrons. The standard InChI is InChI=1S/C22H20N8/c1-2-16-9-19(27-22(23)26-16)18-11-25-21-17(18)8-15(10-24-21)20-13-30(29-28-20)12-14-6-4-3-5-7-14/h3-11,13H,2,12H2,1H3,(H,24,25)(H2,23,26,27). The minimum absolute atomic E-state index is 0.270. The number of rotatable bonds is 5. The SMILES string of the molecule is CCc1cc(-c2c[nH]c3ncc(-c4cn(Cc5ccccc5)nn4)cc23)nc(N)n1. The van der Waals surface area contributed by atoms with Gasteiger partial charge in [-0.2, -0.15) is 0 Å². The van der Waals surface area contributed by atoms with E-state index in [9.17, 15) is 0 Å². The molecule has 30 heavy (non-hydrogen) atoms. The number of nitrogen functional groups attached to an aromatic ring is 1. The summed E-state index contributed by atoms with van der Waals surface area (Å²) in [7, 11) is 0. The molecule has 0 radical (unpaired) electrons. The lowest BCUT2D eigenvalue weighted by Gasteiger charge is -2.04. The van der Waals surface area contributed by atoms with Gasteiger partial charge in [-0.05, 0) is 24.1 Å².